The molecule has 1 atom stereocenters. The largest absolute Gasteiger partial charge is 0.497 e. The molecule has 0 aliphatic carbocycles. The zero-order chi connectivity index (χ0) is 20.4. The lowest BCUT2D eigenvalue weighted by atomic mass is 9.83. The zero-order valence-corrected chi connectivity index (χ0v) is 17.5. The second kappa shape index (κ2) is 8.16. The van der Waals surface area contributed by atoms with Crippen LogP contribution in [0.3, 0.4) is 0 Å². The van der Waals surface area contributed by atoms with Crippen molar-refractivity contribution in [1.82, 2.24) is 4.31 Å². The summed E-state index contributed by atoms with van der Waals surface area (Å²) >= 11 is 0. The first-order chi connectivity index (χ1) is 14.0. The summed E-state index contributed by atoms with van der Waals surface area (Å²) in [5, 5.41) is 0. The molecule has 1 saturated heterocycles. The Morgan fingerprint density at radius 1 is 1.07 bits per heavy atom. The molecule has 4 rings (SSSR count). The smallest absolute Gasteiger partial charge is 0.337 e. The van der Waals surface area contributed by atoms with Crippen molar-refractivity contribution < 1.29 is 23.2 Å². The summed E-state index contributed by atoms with van der Waals surface area (Å²) in [4.78, 5) is 12.5. The van der Waals surface area contributed by atoms with Gasteiger partial charge in [-0.3, -0.25) is 0 Å². The maximum Gasteiger partial charge on any atom is 0.337 e. The summed E-state index contributed by atoms with van der Waals surface area (Å²) in [7, 11) is 1.82. The monoisotopic (exact) mass is 415 g/mol. The summed E-state index contributed by atoms with van der Waals surface area (Å²) in [6.07, 6.45) is 3.41. The number of carbonyl (C=O) groups is 1. The molecule has 1 fully saturated rings. The van der Waals surface area contributed by atoms with Crippen LogP contribution >= 0.6 is 0 Å². The van der Waals surface area contributed by atoms with Crippen LogP contribution in [-0.4, -0.2) is 47.4 Å². The van der Waals surface area contributed by atoms with Gasteiger partial charge in [0.05, 0.1) is 24.7 Å². The van der Waals surface area contributed by atoms with Gasteiger partial charge in [0, 0.05) is 25.9 Å². The van der Waals surface area contributed by atoms with Crippen LogP contribution in [0.2, 0.25) is 0 Å². The number of esters is 1. The molecule has 2 aliphatic heterocycles. The van der Waals surface area contributed by atoms with E-state index in [1.54, 1.807) is 13.2 Å². The Kier molecular flexibility index (Phi) is 5.61. The lowest BCUT2D eigenvalue weighted by molar-refractivity contribution is 0.00255. The van der Waals surface area contributed by atoms with Crippen molar-refractivity contribution in [3.63, 3.8) is 0 Å². The molecule has 2 heterocycles. The van der Waals surface area contributed by atoms with E-state index >= 15 is 0 Å². The highest BCUT2D eigenvalue weighted by Gasteiger charge is 2.40. The van der Waals surface area contributed by atoms with Crippen LogP contribution in [0.25, 0.3) is 0 Å². The first-order valence-corrected chi connectivity index (χ1v) is 10.9. The van der Waals surface area contributed by atoms with Crippen molar-refractivity contribution in [3.8, 4) is 11.5 Å². The quantitative estimate of drug-likeness (QED) is 0.717. The van der Waals surface area contributed by atoms with Crippen LogP contribution in [0.15, 0.2) is 47.4 Å². The number of piperidine rings is 1. The highest BCUT2D eigenvalue weighted by atomic mass is 32.2. The highest BCUT2D eigenvalue weighted by Crippen LogP contribution is 2.40. The molecule has 2 aromatic carbocycles. The molecule has 29 heavy (non-hydrogen) atoms. The van der Waals surface area contributed by atoms with Crippen molar-refractivity contribution in [2.75, 3.05) is 27.3 Å². The summed E-state index contributed by atoms with van der Waals surface area (Å²) in [5.74, 6) is 1.27. The minimum Gasteiger partial charge on any atom is -0.497 e. The molecule has 1 spiro atoms. The SMILES string of the molecule is COC(=O)c1ccc2c(c1)CCC1(CCN(S(=O)c3ccc(OC)cc3)CC1)O2. The zero-order valence-electron chi connectivity index (χ0n) is 16.7. The minimum atomic E-state index is -1.19. The number of aryl methyl sites for hydroxylation is 1. The second-order valence-corrected chi connectivity index (χ2v) is 8.94. The normalized spacial score (nSPS) is 19.1. The van der Waals surface area contributed by atoms with E-state index in [2.05, 4.69) is 0 Å². The number of ether oxygens (including phenoxy) is 3. The third-order valence-corrected chi connectivity index (χ3v) is 7.30. The van der Waals surface area contributed by atoms with Gasteiger partial charge in [-0.15, -0.1) is 0 Å². The molecule has 6 nitrogen and oxygen atoms in total. The molecule has 7 heteroatoms. The van der Waals surface area contributed by atoms with Gasteiger partial charge in [0.25, 0.3) is 0 Å². The molecule has 0 amide bonds. The third kappa shape index (κ3) is 4.02. The molecule has 1 unspecified atom stereocenters. The number of benzene rings is 2. The van der Waals surface area contributed by atoms with Crippen molar-refractivity contribution >= 4 is 17.0 Å². The molecule has 2 aliphatic rings. The van der Waals surface area contributed by atoms with Crippen LogP contribution in [0.1, 0.15) is 35.2 Å². The average Bonchev–Trinajstić information content (AvgIpc) is 2.78. The van der Waals surface area contributed by atoms with E-state index in [0.29, 0.717) is 18.7 Å². The van der Waals surface area contributed by atoms with E-state index < -0.39 is 11.0 Å². The third-order valence-electron chi connectivity index (χ3n) is 5.79. The molecule has 154 valence electrons. The van der Waals surface area contributed by atoms with Crippen LogP contribution in [-0.2, 0) is 22.1 Å². The Morgan fingerprint density at radius 2 is 1.79 bits per heavy atom. The maximum absolute atomic E-state index is 12.9. The summed E-state index contributed by atoms with van der Waals surface area (Å²) in [6, 6.07) is 12.9. The fraction of sp³-hybridized carbons (Fsp3) is 0.409. The Hall–Kier alpha value is -2.38. The standard InChI is InChI=1S/C22H25NO5S/c1-26-18-4-6-19(7-5-18)29(25)23-13-11-22(12-14-23)10-9-16-15-17(21(24)27-2)3-8-20(16)28-22/h3-8,15H,9-14H2,1-2H3. The van der Waals surface area contributed by atoms with Crippen LogP contribution in [0.5, 0.6) is 11.5 Å². The van der Waals surface area contributed by atoms with Crippen LogP contribution in [0, 0.1) is 0 Å². The van der Waals surface area contributed by atoms with Gasteiger partial charge < -0.3 is 14.2 Å². The van der Waals surface area contributed by atoms with Crippen molar-refractivity contribution in [2.45, 2.75) is 36.2 Å². The van der Waals surface area contributed by atoms with E-state index in [-0.39, 0.29) is 11.6 Å². The Balaban J connectivity index is 1.41. The van der Waals surface area contributed by atoms with Gasteiger partial charge in [0.2, 0.25) is 0 Å². The number of nitrogens with zero attached hydrogens (tertiary/aromatic N) is 1. The molecule has 0 aromatic heterocycles. The number of fused-ring (bicyclic) bond motifs is 1. The fourth-order valence-electron chi connectivity index (χ4n) is 4.02. The van der Waals surface area contributed by atoms with Gasteiger partial charge in [-0.1, -0.05) is 0 Å². The average molecular weight is 416 g/mol. The van der Waals surface area contributed by atoms with E-state index in [1.807, 2.05) is 40.7 Å². The number of carbonyl (C=O) groups excluding carboxylic acids is 1. The van der Waals surface area contributed by atoms with Crippen molar-refractivity contribution in [3.05, 3.63) is 53.6 Å². The van der Waals surface area contributed by atoms with E-state index in [1.165, 1.54) is 7.11 Å². The van der Waals surface area contributed by atoms with E-state index in [4.69, 9.17) is 14.2 Å². The van der Waals surface area contributed by atoms with Crippen LogP contribution < -0.4 is 9.47 Å². The first kappa shape index (κ1) is 19.9. The second-order valence-electron chi connectivity index (χ2n) is 7.45. The lowest BCUT2D eigenvalue weighted by Crippen LogP contribution is -2.50. The number of hydrogen-bond acceptors (Lipinski definition) is 5. The highest BCUT2D eigenvalue weighted by molar-refractivity contribution is 7.82. The molecule has 0 saturated carbocycles. The molecule has 0 N–H and O–H groups in total. The van der Waals surface area contributed by atoms with Crippen molar-refractivity contribution in [1.29, 1.82) is 0 Å². The molecule has 0 bridgehead atoms. The van der Waals surface area contributed by atoms with Gasteiger partial charge in [-0.05, 0) is 60.9 Å². The molecule has 0 radical (unpaired) electrons. The van der Waals surface area contributed by atoms with Crippen molar-refractivity contribution in [2.24, 2.45) is 0 Å². The van der Waals surface area contributed by atoms with Gasteiger partial charge in [0.15, 0.2) is 0 Å². The first-order valence-electron chi connectivity index (χ1n) is 9.75. The Morgan fingerprint density at radius 3 is 2.45 bits per heavy atom. The number of methoxy groups -OCH3 is 2. The van der Waals surface area contributed by atoms with E-state index in [9.17, 15) is 9.00 Å². The molecular formula is C22H25NO5S. The summed E-state index contributed by atoms with van der Waals surface area (Å²) in [5.41, 5.74) is 1.37. The predicted octanol–water partition coefficient (Wildman–Crippen LogP) is 3.36. The van der Waals surface area contributed by atoms with Gasteiger partial charge in [-0.2, -0.15) is 0 Å². The van der Waals surface area contributed by atoms with Crippen LogP contribution in [0.4, 0.5) is 0 Å². The Bertz CT molecular complexity index is 919. The van der Waals surface area contributed by atoms with Gasteiger partial charge in [-0.25, -0.2) is 13.3 Å². The topological polar surface area (TPSA) is 65.1 Å². The predicted molar refractivity (Wildman–Crippen MR) is 110 cm³/mol. The summed E-state index contributed by atoms with van der Waals surface area (Å²) < 4.78 is 31.3. The number of rotatable bonds is 4. The molecular weight excluding hydrogens is 390 g/mol. The van der Waals surface area contributed by atoms with E-state index in [0.717, 1.165) is 47.6 Å². The lowest BCUT2D eigenvalue weighted by Gasteiger charge is -2.44. The molecule has 2 aromatic rings. The summed E-state index contributed by atoms with van der Waals surface area (Å²) in [6.45, 7) is 1.43. The van der Waals surface area contributed by atoms with Gasteiger partial charge >= 0.3 is 5.97 Å². The number of hydrogen-bond donors (Lipinski definition) is 0. The Labute approximate surface area is 173 Å². The fourth-order valence-corrected chi connectivity index (χ4v) is 5.20. The van der Waals surface area contributed by atoms with Gasteiger partial charge in [0.1, 0.15) is 28.1 Å². The minimum absolute atomic E-state index is 0.222. The maximum atomic E-state index is 12.9.